The number of ether oxygens (including phenoxy) is 1. The third kappa shape index (κ3) is 3.39. The van der Waals surface area contributed by atoms with Crippen LogP contribution in [0, 0.1) is 0 Å². The van der Waals surface area contributed by atoms with Crippen LogP contribution in [0.3, 0.4) is 0 Å². The average molecular weight is 271 g/mol. The van der Waals surface area contributed by atoms with Gasteiger partial charge in [-0.15, -0.1) is 0 Å². The Bertz CT molecular complexity index is 612. The SMILES string of the molecule is CC(C)Oc1cncc(C(=O)c2ccnc(CN)c2)c1. The van der Waals surface area contributed by atoms with Crippen LogP contribution < -0.4 is 10.5 Å². The fourth-order valence-electron chi connectivity index (χ4n) is 1.78. The summed E-state index contributed by atoms with van der Waals surface area (Å²) in [7, 11) is 0. The van der Waals surface area contributed by atoms with Crippen molar-refractivity contribution in [3.63, 3.8) is 0 Å². The molecule has 104 valence electrons. The Balaban J connectivity index is 2.28. The lowest BCUT2D eigenvalue weighted by Crippen LogP contribution is -2.08. The summed E-state index contributed by atoms with van der Waals surface area (Å²) < 4.78 is 5.54. The number of aromatic nitrogens is 2. The monoisotopic (exact) mass is 271 g/mol. The Labute approximate surface area is 117 Å². The van der Waals surface area contributed by atoms with Gasteiger partial charge in [0.2, 0.25) is 0 Å². The molecule has 2 aromatic heterocycles. The molecule has 0 aliphatic heterocycles. The van der Waals surface area contributed by atoms with Gasteiger partial charge in [-0.05, 0) is 32.0 Å². The number of pyridine rings is 2. The summed E-state index contributed by atoms with van der Waals surface area (Å²) in [6, 6.07) is 5.05. The van der Waals surface area contributed by atoms with Gasteiger partial charge in [0.1, 0.15) is 5.75 Å². The van der Waals surface area contributed by atoms with Crippen LogP contribution in [0.15, 0.2) is 36.8 Å². The molecular weight excluding hydrogens is 254 g/mol. The van der Waals surface area contributed by atoms with Gasteiger partial charge in [-0.3, -0.25) is 14.8 Å². The summed E-state index contributed by atoms with van der Waals surface area (Å²) in [6.45, 7) is 4.14. The molecule has 2 heterocycles. The Morgan fingerprint density at radius 3 is 2.80 bits per heavy atom. The van der Waals surface area contributed by atoms with E-state index in [0.717, 1.165) is 0 Å². The van der Waals surface area contributed by atoms with Gasteiger partial charge < -0.3 is 10.5 Å². The first-order chi connectivity index (χ1) is 9.60. The Kier molecular flexibility index (Phi) is 4.42. The molecule has 20 heavy (non-hydrogen) atoms. The minimum atomic E-state index is -0.121. The minimum absolute atomic E-state index is 0.0342. The van der Waals surface area contributed by atoms with Crippen molar-refractivity contribution in [3.05, 3.63) is 53.6 Å². The molecule has 0 atom stereocenters. The predicted octanol–water partition coefficient (Wildman–Crippen LogP) is 1.95. The first-order valence-corrected chi connectivity index (χ1v) is 6.41. The molecule has 0 saturated carbocycles. The number of hydrogen-bond donors (Lipinski definition) is 1. The van der Waals surface area contributed by atoms with E-state index < -0.39 is 0 Å². The molecule has 0 aliphatic carbocycles. The molecule has 5 nitrogen and oxygen atoms in total. The van der Waals surface area contributed by atoms with E-state index >= 15 is 0 Å². The fourth-order valence-corrected chi connectivity index (χ4v) is 1.78. The van der Waals surface area contributed by atoms with Crippen LogP contribution in [-0.4, -0.2) is 21.9 Å². The molecule has 0 radical (unpaired) electrons. The molecule has 0 bridgehead atoms. The van der Waals surface area contributed by atoms with Crippen LogP contribution in [0.4, 0.5) is 0 Å². The fraction of sp³-hybridized carbons (Fsp3) is 0.267. The number of rotatable bonds is 5. The van der Waals surface area contributed by atoms with Crippen molar-refractivity contribution in [1.29, 1.82) is 0 Å². The summed E-state index contributed by atoms with van der Waals surface area (Å²) in [5, 5.41) is 0. The van der Waals surface area contributed by atoms with E-state index in [1.54, 1.807) is 30.6 Å². The Hall–Kier alpha value is -2.27. The topological polar surface area (TPSA) is 78.1 Å². The van der Waals surface area contributed by atoms with Gasteiger partial charge in [-0.2, -0.15) is 0 Å². The highest BCUT2D eigenvalue weighted by molar-refractivity contribution is 6.08. The molecule has 0 amide bonds. The molecule has 0 unspecified atom stereocenters. The number of ketones is 1. The van der Waals surface area contributed by atoms with Crippen molar-refractivity contribution in [1.82, 2.24) is 9.97 Å². The normalized spacial score (nSPS) is 10.6. The van der Waals surface area contributed by atoms with Crippen LogP contribution in [-0.2, 0) is 6.54 Å². The largest absolute Gasteiger partial charge is 0.489 e. The summed E-state index contributed by atoms with van der Waals surface area (Å²) in [5.74, 6) is 0.461. The molecule has 2 aromatic rings. The maximum absolute atomic E-state index is 12.4. The van der Waals surface area contributed by atoms with E-state index in [1.807, 2.05) is 13.8 Å². The van der Waals surface area contributed by atoms with Gasteiger partial charge >= 0.3 is 0 Å². The van der Waals surface area contributed by atoms with Crippen molar-refractivity contribution in [2.75, 3.05) is 0 Å². The lowest BCUT2D eigenvalue weighted by atomic mass is 10.1. The predicted molar refractivity (Wildman–Crippen MR) is 75.6 cm³/mol. The summed E-state index contributed by atoms with van der Waals surface area (Å²) in [4.78, 5) is 20.5. The Morgan fingerprint density at radius 1 is 1.30 bits per heavy atom. The first kappa shape index (κ1) is 14.1. The van der Waals surface area contributed by atoms with Gasteiger partial charge in [0.15, 0.2) is 5.78 Å². The van der Waals surface area contributed by atoms with Crippen LogP contribution in [0.25, 0.3) is 0 Å². The van der Waals surface area contributed by atoms with Crippen LogP contribution in [0.2, 0.25) is 0 Å². The zero-order valence-electron chi connectivity index (χ0n) is 11.5. The highest BCUT2D eigenvalue weighted by atomic mass is 16.5. The second-order valence-electron chi connectivity index (χ2n) is 4.65. The first-order valence-electron chi connectivity index (χ1n) is 6.41. The second kappa shape index (κ2) is 6.25. The molecule has 5 heteroatoms. The zero-order chi connectivity index (χ0) is 14.5. The standard InChI is InChI=1S/C15H17N3O2/c1-10(2)20-14-6-12(8-17-9-14)15(19)11-3-4-18-13(5-11)7-16/h3-6,8-10H,7,16H2,1-2H3. The molecule has 2 N–H and O–H groups in total. The maximum Gasteiger partial charge on any atom is 0.194 e. The molecule has 0 spiro atoms. The number of nitrogens with zero attached hydrogens (tertiary/aromatic N) is 2. The average Bonchev–Trinajstić information content (AvgIpc) is 2.46. The second-order valence-corrected chi connectivity index (χ2v) is 4.65. The molecule has 2 rings (SSSR count). The van der Waals surface area contributed by atoms with Gasteiger partial charge in [0.05, 0.1) is 18.0 Å². The van der Waals surface area contributed by atoms with Crippen LogP contribution in [0.5, 0.6) is 5.75 Å². The highest BCUT2D eigenvalue weighted by Crippen LogP contribution is 2.16. The lowest BCUT2D eigenvalue weighted by molar-refractivity contribution is 0.103. The van der Waals surface area contributed by atoms with Crippen LogP contribution >= 0.6 is 0 Å². The Morgan fingerprint density at radius 2 is 2.10 bits per heavy atom. The van der Waals surface area contributed by atoms with Crippen molar-refractivity contribution in [2.24, 2.45) is 5.73 Å². The van der Waals surface area contributed by atoms with Gasteiger partial charge in [-0.1, -0.05) is 0 Å². The van der Waals surface area contributed by atoms with Crippen LogP contribution in [0.1, 0.15) is 35.5 Å². The molecule has 0 fully saturated rings. The smallest absolute Gasteiger partial charge is 0.194 e. The lowest BCUT2D eigenvalue weighted by Gasteiger charge is -2.10. The maximum atomic E-state index is 12.4. The summed E-state index contributed by atoms with van der Waals surface area (Å²) >= 11 is 0. The number of nitrogens with two attached hydrogens (primary N) is 1. The van der Waals surface area contributed by atoms with E-state index in [-0.39, 0.29) is 11.9 Å². The van der Waals surface area contributed by atoms with E-state index in [2.05, 4.69) is 9.97 Å². The third-order valence-corrected chi connectivity index (χ3v) is 2.64. The molecule has 0 saturated heterocycles. The van der Waals surface area contributed by atoms with Crippen molar-refractivity contribution < 1.29 is 9.53 Å². The number of carbonyl (C=O) groups is 1. The van der Waals surface area contributed by atoms with Crippen molar-refractivity contribution in [2.45, 2.75) is 26.5 Å². The van der Waals surface area contributed by atoms with E-state index in [9.17, 15) is 4.79 Å². The number of hydrogen-bond acceptors (Lipinski definition) is 5. The van der Waals surface area contributed by atoms with Gasteiger partial charge in [0.25, 0.3) is 0 Å². The number of carbonyl (C=O) groups excluding carboxylic acids is 1. The molecule has 0 aliphatic rings. The third-order valence-electron chi connectivity index (χ3n) is 2.64. The quantitative estimate of drug-likeness (QED) is 0.841. The molecule has 0 aromatic carbocycles. The summed E-state index contributed by atoms with van der Waals surface area (Å²) in [6.07, 6.45) is 4.73. The van der Waals surface area contributed by atoms with Gasteiger partial charge in [0, 0.05) is 30.1 Å². The van der Waals surface area contributed by atoms with E-state index in [0.29, 0.717) is 29.1 Å². The minimum Gasteiger partial charge on any atom is -0.489 e. The summed E-state index contributed by atoms with van der Waals surface area (Å²) in [5.41, 5.74) is 7.24. The van der Waals surface area contributed by atoms with Crippen molar-refractivity contribution in [3.8, 4) is 5.75 Å². The van der Waals surface area contributed by atoms with Gasteiger partial charge in [-0.25, -0.2) is 0 Å². The van der Waals surface area contributed by atoms with E-state index in [4.69, 9.17) is 10.5 Å². The van der Waals surface area contributed by atoms with Crippen molar-refractivity contribution >= 4 is 5.78 Å². The molecular formula is C15H17N3O2. The zero-order valence-corrected chi connectivity index (χ0v) is 11.5. The highest BCUT2D eigenvalue weighted by Gasteiger charge is 2.11. The van der Waals surface area contributed by atoms with E-state index in [1.165, 1.54) is 6.20 Å².